The van der Waals surface area contributed by atoms with Crippen LogP contribution in [0.25, 0.3) is 0 Å². The molecule has 0 aliphatic heterocycles. The van der Waals surface area contributed by atoms with Gasteiger partial charge in [-0.15, -0.1) is 11.8 Å². The van der Waals surface area contributed by atoms with Crippen LogP contribution in [-0.4, -0.2) is 16.5 Å². The Bertz CT molecular complexity index is 362. The normalized spacial score (nSPS) is 25.2. The van der Waals surface area contributed by atoms with Gasteiger partial charge in [-0.1, -0.05) is 44.9 Å². The summed E-state index contributed by atoms with van der Waals surface area (Å²) in [6.45, 7) is 4.47. The van der Waals surface area contributed by atoms with Crippen molar-refractivity contribution in [2.24, 2.45) is 0 Å². The Hall–Kier alpha value is -0.470. The van der Waals surface area contributed by atoms with Gasteiger partial charge in [0.05, 0.1) is 6.10 Å². The Kier molecular flexibility index (Phi) is 4.52. The Morgan fingerprint density at radius 1 is 1.18 bits per heavy atom. The molecule has 0 radical (unpaired) electrons. The van der Waals surface area contributed by atoms with Gasteiger partial charge >= 0.3 is 0 Å². The van der Waals surface area contributed by atoms with Crippen LogP contribution < -0.4 is 0 Å². The first kappa shape index (κ1) is 13.0. The van der Waals surface area contributed by atoms with Gasteiger partial charge in [0.25, 0.3) is 0 Å². The predicted molar refractivity (Wildman–Crippen MR) is 74.7 cm³/mol. The summed E-state index contributed by atoms with van der Waals surface area (Å²) in [7, 11) is 0. The number of rotatable bonds is 3. The lowest BCUT2D eigenvalue weighted by molar-refractivity contribution is 0.137. The lowest BCUT2D eigenvalue weighted by atomic mass is 9.97. The molecule has 1 aromatic rings. The monoisotopic (exact) mass is 250 g/mol. The van der Waals surface area contributed by atoms with E-state index in [1.54, 1.807) is 0 Å². The van der Waals surface area contributed by atoms with Crippen LogP contribution in [0.3, 0.4) is 0 Å². The van der Waals surface area contributed by atoms with Crippen molar-refractivity contribution in [3.8, 4) is 0 Å². The first-order chi connectivity index (χ1) is 8.18. The SMILES string of the molecule is CC(C)c1ccccc1SC1CCCCC1O. The summed E-state index contributed by atoms with van der Waals surface area (Å²) in [6.07, 6.45) is 4.46. The van der Waals surface area contributed by atoms with Crippen LogP contribution in [0.4, 0.5) is 0 Å². The molecule has 2 unspecified atom stereocenters. The lowest BCUT2D eigenvalue weighted by Gasteiger charge is -2.28. The maximum Gasteiger partial charge on any atom is 0.0662 e. The van der Waals surface area contributed by atoms with Crippen LogP contribution in [0.2, 0.25) is 0 Å². The number of aliphatic hydroxyl groups is 1. The number of aliphatic hydroxyl groups excluding tert-OH is 1. The van der Waals surface area contributed by atoms with E-state index in [4.69, 9.17) is 0 Å². The van der Waals surface area contributed by atoms with Crippen molar-refractivity contribution < 1.29 is 5.11 Å². The molecule has 1 nitrogen and oxygen atoms in total. The van der Waals surface area contributed by atoms with Gasteiger partial charge in [0, 0.05) is 10.1 Å². The standard InChI is InChI=1S/C15H22OS/c1-11(2)12-7-3-5-9-14(12)17-15-10-6-4-8-13(15)16/h3,5,7,9,11,13,15-16H,4,6,8,10H2,1-2H3. The highest BCUT2D eigenvalue weighted by Crippen LogP contribution is 2.37. The third kappa shape index (κ3) is 3.26. The quantitative estimate of drug-likeness (QED) is 0.867. The first-order valence-electron chi connectivity index (χ1n) is 6.62. The van der Waals surface area contributed by atoms with Gasteiger partial charge < -0.3 is 5.11 Å². The lowest BCUT2D eigenvalue weighted by Crippen LogP contribution is -2.26. The zero-order valence-electron chi connectivity index (χ0n) is 10.7. The second kappa shape index (κ2) is 5.92. The van der Waals surface area contributed by atoms with Crippen LogP contribution in [0.15, 0.2) is 29.2 Å². The van der Waals surface area contributed by atoms with E-state index in [2.05, 4.69) is 38.1 Å². The Balaban J connectivity index is 2.12. The zero-order chi connectivity index (χ0) is 12.3. The van der Waals surface area contributed by atoms with Crippen LogP contribution in [0.1, 0.15) is 51.0 Å². The molecule has 1 aliphatic carbocycles. The summed E-state index contributed by atoms with van der Waals surface area (Å²) < 4.78 is 0. The average Bonchev–Trinajstić information content (AvgIpc) is 2.32. The van der Waals surface area contributed by atoms with Crippen molar-refractivity contribution >= 4 is 11.8 Å². The summed E-state index contributed by atoms with van der Waals surface area (Å²) in [5.41, 5.74) is 1.41. The highest BCUT2D eigenvalue weighted by molar-refractivity contribution is 8.00. The van der Waals surface area contributed by atoms with Crippen LogP contribution in [-0.2, 0) is 0 Å². The molecule has 1 saturated carbocycles. The molecule has 0 bridgehead atoms. The fourth-order valence-corrected chi connectivity index (χ4v) is 3.94. The largest absolute Gasteiger partial charge is 0.392 e. The molecular formula is C15H22OS. The minimum Gasteiger partial charge on any atom is -0.392 e. The smallest absolute Gasteiger partial charge is 0.0662 e. The molecule has 2 atom stereocenters. The van der Waals surface area contributed by atoms with Gasteiger partial charge in [-0.2, -0.15) is 0 Å². The molecule has 1 fully saturated rings. The maximum atomic E-state index is 10.0. The van der Waals surface area contributed by atoms with Crippen LogP contribution >= 0.6 is 11.8 Å². The number of hydrogen-bond acceptors (Lipinski definition) is 2. The predicted octanol–water partition coefficient (Wildman–Crippen LogP) is 4.21. The second-order valence-corrected chi connectivity index (χ2v) is 6.48. The van der Waals surface area contributed by atoms with Gasteiger partial charge in [-0.3, -0.25) is 0 Å². The third-order valence-corrected chi connectivity index (χ3v) is 4.97. The van der Waals surface area contributed by atoms with E-state index >= 15 is 0 Å². The summed E-state index contributed by atoms with van der Waals surface area (Å²) in [5.74, 6) is 0.555. The average molecular weight is 250 g/mol. The molecule has 1 aromatic carbocycles. The second-order valence-electron chi connectivity index (χ2n) is 5.20. The van der Waals surface area contributed by atoms with Gasteiger partial charge in [-0.25, -0.2) is 0 Å². The Labute approximate surface area is 109 Å². The molecule has 94 valence electrons. The summed E-state index contributed by atoms with van der Waals surface area (Å²) >= 11 is 1.88. The highest BCUT2D eigenvalue weighted by atomic mass is 32.2. The van der Waals surface area contributed by atoms with Gasteiger partial charge in [0.1, 0.15) is 0 Å². The molecule has 0 spiro atoms. The number of hydrogen-bond donors (Lipinski definition) is 1. The summed E-state index contributed by atoms with van der Waals surface area (Å²) in [6, 6.07) is 8.61. The van der Waals surface area contributed by atoms with Crippen molar-refractivity contribution in [3.05, 3.63) is 29.8 Å². The van der Waals surface area contributed by atoms with Gasteiger partial charge in [-0.05, 0) is 30.4 Å². The third-order valence-electron chi connectivity index (χ3n) is 3.49. The fraction of sp³-hybridized carbons (Fsp3) is 0.600. The van der Waals surface area contributed by atoms with E-state index in [-0.39, 0.29) is 6.10 Å². The molecule has 2 heteroatoms. The Morgan fingerprint density at radius 2 is 1.88 bits per heavy atom. The zero-order valence-corrected chi connectivity index (χ0v) is 11.5. The van der Waals surface area contributed by atoms with E-state index in [9.17, 15) is 5.11 Å². The van der Waals surface area contributed by atoms with Crippen LogP contribution in [0.5, 0.6) is 0 Å². The van der Waals surface area contributed by atoms with E-state index in [1.165, 1.54) is 23.3 Å². The van der Waals surface area contributed by atoms with Crippen molar-refractivity contribution in [3.63, 3.8) is 0 Å². The van der Waals surface area contributed by atoms with Crippen molar-refractivity contribution in [2.75, 3.05) is 0 Å². The van der Waals surface area contributed by atoms with Crippen molar-refractivity contribution in [1.29, 1.82) is 0 Å². The first-order valence-corrected chi connectivity index (χ1v) is 7.50. The molecule has 0 saturated heterocycles. The van der Waals surface area contributed by atoms with Gasteiger partial charge in [0.15, 0.2) is 0 Å². The highest BCUT2D eigenvalue weighted by Gasteiger charge is 2.24. The fourth-order valence-electron chi connectivity index (χ4n) is 2.44. The molecule has 0 aromatic heterocycles. The Morgan fingerprint density at radius 3 is 2.59 bits per heavy atom. The van der Waals surface area contributed by atoms with Crippen molar-refractivity contribution in [2.45, 2.75) is 61.7 Å². The molecule has 1 N–H and O–H groups in total. The molecule has 2 rings (SSSR count). The van der Waals surface area contributed by atoms with E-state index in [1.807, 2.05) is 11.8 Å². The minimum absolute atomic E-state index is 0.117. The molecule has 0 amide bonds. The van der Waals surface area contributed by atoms with E-state index < -0.39 is 0 Å². The summed E-state index contributed by atoms with van der Waals surface area (Å²) in [5, 5.41) is 10.4. The minimum atomic E-state index is -0.117. The topological polar surface area (TPSA) is 20.2 Å². The molecular weight excluding hydrogens is 228 g/mol. The van der Waals surface area contributed by atoms with Crippen LogP contribution in [0, 0.1) is 0 Å². The number of thioether (sulfide) groups is 1. The van der Waals surface area contributed by atoms with Gasteiger partial charge in [0.2, 0.25) is 0 Å². The maximum absolute atomic E-state index is 10.0. The number of benzene rings is 1. The van der Waals surface area contributed by atoms with E-state index in [0.717, 1.165) is 12.8 Å². The molecule has 17 heavy (non-hydrogen) atoms. The molecule has 1 aliphatic rings. The summed E-state index contributed by atoms with van der Waals surface area (Å²) in [4.78, 5) is 1.36. The van der Waals surface area contributed by atoms with E-state index in [0.29, 0.717) is 11.2 Å². The van der Waals surface area contributed by atoms with Crippen molar-refractivity contribution in [1.82, 2.24) is 0 Å². The molecule has 0 heterocycles.